The van der Waals surface area contributed by atoms with Crippen molar-refractivity contribution in [2.45, 2.75) is 25.7 Å². The summed E-state index contributed by atoms with van der Waals surface area (Å²) in [6.07, 6.45) is 8.02. The summed E-state index contributed by atoms with van der Waals surface area (Å²) >= 11 is 0. The summed E-state index contributed by atoms with van der Waals surface area (Å²) in [6.45, 7) is 2.79. The lowest BCUT2D eigenvalue weighted by Crippen LogP contribution is -2.46. The fourth-order valence-electron chi connectivity index (χ4n) is 3.20. The molecule has 152 valence electrons. The van der Waals surface area contributed by atoms with Gasteiger partial charge in [0.1, 0.15) is 0 Å². The number of likely N-dealkylation sites (tertiary alicyclic amines) is 1. The zero-order chi connectivity index (χ0) is 18.9. The predicted octanol–water partition coefficient (Wildman–Crippen LogP) is 2.21. The van der Waals surface area contributed by atoms with Crippen molar-refractivity contribution >= 4 is 35.8 Å². The van der Waals surface area contributed by atoms with E-state index in [-0.39, 0.29) is 36.4 Å². The first-order valence-electron chi connectivity index (χ1n) is 9.57. The molecule has 1 aromatic carbocycles. The molecule has 0 saturated carbocycles. The number of amides is 1. The second kappa shape index (κ2) is 11.7. The Kier molecular flexibility index (Phi) is 9.26. The molecule has 0 atom stereocenters. The van der Waals surface area contributed by atoms with Gasteiger partial charge in [-0.15, -0.1) is 24.0 Å². The summed E-state index contributed by atoms with van der Waals surface area (Å²) < 4.78 is 1.84. The van der Waals surface area contributed by atoms with Crippen LogP contribution < -0.4 is 10.6 Å². The number of nitrogens with zero attached hydrogens (tertiary/aromatic N) is 4. The summed E-state index contributed by atoms with van der Waals surface area (Å²) in [4.78, 5) is 18.3. The molecule has 1 aliphatic rings. The molecule has 0 unspecified atom stereocenters. The Morgan fingerprint density at radius 1 is 1.14 bits per heavy atom. The summed E-state index contributed by atoms with van der Waals surface area (Å²) in [5.74, 6) is 0.806. The van der Waals surface area contributed by atoms with Crippen molar-refractivity contribution in [1.29, 1.82) is 0 Å². The van der Waals surface area contributed by atoms with E-state index in [0.29, 0.717) is 5.96 Å². The lowest BCUT2D eigenvalue weighted by Gasteiger charge is -2.27. The van der Waals surface area contributed by atoms with E-state index < -0.39 is 0 Å². The van der Waals surface area contributed by atoms with Gasteiger partial charge in [-0.3, -0.25) is 9.79 Å². The molecule has 1 amide bonds. The Morgan fingerprint density at radius 2 is 1.89 bits per heavy atom. The van der Waals surface area contributed by atoms with Crippen molar-refractivity contribution in [1.82, 2.24) is 25.3 Å². The van der Waals surface area contributed by atoms with Gasteiger partial charge in [0.25, 0.3) is 0 Å². The summed E-state index contributed by atoms with van der Waals surface area (Å²) in [6, 6.07) is 10.2. The standard InChI is InChI=1S/C20H28N6O.HI/c1-21-20(23-16-19(27)25-13-3-2-4-14-25)22-12-10-17-6-8-18(9-7-17)26-15-5-11-24-26;/h5-9,11,15H,2-4,10,12-14,16H2,1H3,(H2,21,22,23);1H. The maximum atomic E-state index is 12.2. The van der Waals surface area contributed by atoms with Gasteiger partial charge in [0.05, 0.1) is 12.2 Å². The summed E-state index contributed by atoms with van der Waals surface area (Å²) in [7, 11) is 1.72. The van der Waals surface area contributed by atoms with Crippen LogP contribution in [0.1, 0.15) is 24.8 Å². The average molecular weight is 496 g/mol. The first kappa shape index (κ1) is 22.2. The first-order chi connectivity index (χ1) is 13.3. The second-order valence-corrected chi connectivity index (χ2v) is 6.66. The molecule has 1 aromatic heterocycles. The molecule has 7 nitrogen and oxygen atoms in total. The van der Waals surface area contributed by atoms with Gasteiger partial charge >= 0.3 is 0 Å². The third-order valence-corrected chi connectivity index (χ3v) is 4.75. The molecule has 0 aliphatic carbocycles. The zero-order valence-corrected chi connectivity index (χ0v) is 18.6. The number of carbonyl (C=O) groups is 1. The number of guanidine groups is 1. The third kappa shape index (κ3) is 6.50. The lowest BCUT2D eigenvalue weighted by atomic mass is 10.1. The quantitative estimate of drug-likeness (QED) is 0.366. The van der Waals surface area contributed by atoms with Crippen LogP contribution in [-0.2, 0) is 11.2 Å². The van der Waals surface area contributed by atoms with Crippen LogP contribution in [0.4, 0.5) is 0 Å². The Bertz CT molecular complexity index is 739. The van der Waals surface area contributed by atoms with Crippen LogP contribution in [0.2, 0.25) is 0 Å². The van der Waals surface area contributed by atoms with Crippen molar-refractivity contribution in [3.05, 3.63) is 48.3 Å². The Morgan fingerprint density at radius 3 is 2.54 bits per heavy atom. The molecule has 0 bridgehead atoms. The van der Waals surface area contributed by atoms with Crippen LogP contribution in [-0.4, -0.2) is 59.8 Å². The fourth-order valence-corrected chi connectivity index (χ4v) is 3.20. The molecule has 2 N–H and O–H groups in total. The molecule has 0 spiro atoms. The van der Waals surface area contributed by atoms with Gasteiger partial charge in [0.15, 0.2) is 5.96 Å². The molecule has 1 fully saturated rings. The van der Waals surface area contributed by atoms with Crippen LogP contribution in [0.15, 0.2) is 47.7 Å². The average Bonchev–Trinajstić information content (AvgIpc) is 3.26. The first-order valence-corrected chi connectivity index (χ1v) is 9.57. The van der Waals surface area contributed by atoms with Crippen molar-refractivity contribution in [2.75, 3.05) is 33.2 Å². The molecule has 1 aliphatic heterocycles. The molecular weight excluding hydrogens is 467 g/mol. The van der Waals surface area contributed by atoms with E-state index in [1.165, 1.54) is 12.0 Å². The van der Waals surface area contributed by atoms with Gasteiger partial charge in [0.2, 0.25) is 5.91 Å². The molecule has 28 heavy (non-hydrogen) atoms. The Balaban J connectivity index is 0.00000280. The predicted molar refractivity (Wildman–Crippen MR) is 122 cm³/mol. The fraction of sp³-hybridized carbons (Fsp3) is 0.450. The summed E-state index contributed by atoms with van der Waals surface area (Å²) in [5.41, 5.74) is 2.28. The van der Waals surface area contributed by atoms with Crippen LogP contribution >= 0.6 is 24.0 Å². The van der Waals surface area contributed by atoms with Gasteiger partial charge in [-0.25, -0.2) is 4.68 Å². The van der Waals surface area contributed by atoms with Crippen LogP contribution in [0.3, 0.4) is 0 Å². The third-order valence-electron chi connectivity index (χ3n) is 4.75. The maximum absolute atomic E-state index is 12.2. The molecule has 8 heteroatoms. The highest BCUT2D eigenvalue weighted by molar-refractivity contribution is 14.0. The number of benzene rings is 1. The van der Waals surface area contributed by atoms with Crippen molar-refractivity contribution < 1.29 is 4.79 Å². The van der Waals surface area contributed by atoms with E-state index in [1.54, 1.807) is 13.2 Å². The van der Waals surface area contributed by atoms with Gasteiger partial charge in [-0.2, -0.15) is 5.10 Å². The van der Waals surface area contributed by atoms with Crippen molar-refractivity contribution in [3.8, 4) is 5.69 Å². The van der Waals surface area contributed by atoms with Crippen molar-refractivity contribution in [3.63, 3.8) is 0 Å². The SMILES string of the molecule is CN=C(NCCc1ccc(-n2cccn2)cc1)NCC(=O)N1CCCCC1.I. The van der Waals surface area contributed by atoms with Gasteiger partial charge < -0.3 is 15.5 Å². The van der Waals surface area contributed by atoms with Gasteiger partial charge in [-0.1, -0.05) is 12.1 Å². The zero-order valence-electron chi connectivity index (χ0n) is 16.3. The number of piperidine rings is 1. The highest BCUT2D eigenvalue weighted by Crippen LogP contribution is 2.09. The number of carbonyl (C=O) groups excluding carboxylic acids is 1. The number of aromatic nitrogens is 2. The van der Waals surface area contributed by atoms with E-state index in [4.69, 9.17) is 0 Å². The number of nitrogens with one attached hydrogen (secondary N) is 2. The van der Waals surface area contributed by atoms with Gasteiger partial charge in [0, 0.05) is 39.1 Å². The van der Waals surface area contributed by atoms with Crippen LogP contribution in [0.25, 0.3) is 5.69 Å². The highest BCUT2D eigenvalue weighted by atomic mass is 127. The topological polar surface area (TPSA) is 74.5 Å². The second-order valence-electron chi connectivity index (χ2n) is 6.66. The summed E-state index contributed by atoms with van der Waals surface area (Å²) in [5, 5.41) is 10.6. The molecule has 2 aromatic rings. The Labute approximate surface area is 183 Å². The largest absolute Gasteiger partial charge is 0.356 e. The number of aliphatic imine (C=N–C) groups is 1. The smallest absolute Gasteiger partial charge is 0.241 e. The van der Waals surface area contributed by atoms with Crippen LogP contribution in [0, 0.1) is 0 Å². The number of hydrogen-bond acceptors (Lipinski definition) is 3. The minimum Gasteiger partial charge on any atom is -0.356 e. The molecular formula is C20H29IN6O. The monoisotopic (exact) mass is 496 g/mol. The minimum absolute atomic E-state index is 0. The maximum Gasteiger partial charge on any atom is 0.241 e. The van der Waals surface area contributed by atoms with Gasteiger partial charge in [-0.05, 0) is 49.4 Å². The van der Waals surface area contributed by atoms with E-state index in [2.05, 4.69) is 45.0 Å². The van der Waals surface area contributed by atoms with E-state index in [0.717, 1.165) is 44.6 Å². The van der Waals surface area contributed by atoms with Crippen LogP contribution in [0.5, 0.6) is 0 Å². The van der Waals surface area contributed by atoms with E-state index in [9.17, 15) is 4.79 Å². The van der Waals surface area contributed by atoms with E-state index in [1.807, 2.05) is 21.8 Å². The number of halogens is 1. The minimum atomic E-state index is 0. The normalized spacial score (nSPS) is 14.3. The number of rotatable bonds is 6. The Hall–Kier alpha value is -2.10. The molecule has 3 rings (SSSR count). The molecule has 0 radical (unpaired) electrons. The lowest BCUT2D eigenvalue weighted by molar-refractivity contribution is -0.130. The molecule has 1 saturated heterocycles. The highest BCUT2D eigenvalue weighted by Gasteiger charge is 2.16. The molecule has 2 heterocycles. The van der Waals surface area contributed by atoms with Crippen molar-refractivity contribution in [2.24, 2.45) is 4.99 Å². The number of hydrogen-bond donors (Lipinski definition) is 2. The van der Waals surface area contributed by atoms with E-state index >= 15 is 0 Å².